The van der Waals surface area contributed by atoms with E-state index in [4.69, 9.17) is 9.84 Å². The molecule has 1 aromatic carbocycles. The van der Waals surface area contributed by atoms with Crippen LogP contribution < -0.4 is 0 Å². The number of pyridine rings is 1. The van der Waals surface area contributed by atoms with E-state index in [-0.39, 0.29) is 24.5 Å². The van der Waals surface area contributed by atoms with Crippen LogP contribution in [0.2, 0.25) is 0 Å². The van der Waals surface area contributed by atoms with E-state index in [1.807, 2.05) is 30.3 Å². The Morgan fingerprint density at radius 2 is 2.13 bits per heavy atom. The predicted molar refractivity (Wildman–Crippen MR) is 84.2 cm³/mol. The first kappa shape index (κ1) is 15.4. The summed E-state index contributed by atoms with van der Waals surface area (Å²) in [6, 6.07) is 9.02. The van der Waals surface area contributed by atoms with Crippen LogP contribution in [0.1, 0.15) is 23.3 Å². The minimum absolute atomic E-state index is 0.0869. The number of nitrogens with zero attached hydrogens (tertiary/aromatic N) is 2. The fraction of sp³-hybridized carbons (Fsp3) is 0.353. The molecule has 6 heteroatoms. The molecule has 6 nitrogen and oxygen atoms in total. The summed E-state index contributed by atoms with van der Waals surface area (Å²) in [6.07, 6.45) is 1.90. The first-order valence-corrected chi connectivity index (χ1v) is 7.49. The van der Waals surface area contributed by atoms with Crippen molar-refractivity contribution in [2.75, 3.05) is 13.7 Å². The molecule has 23 heavy (non-hydrogen) atoms. The van der Waals surface area contributed by atoms with E-state index in [1.54, 1.807) is 18.2 Å². The molecular formula is C17H18N2O4. The molecule has 0 bridgehead atoms. The van der Waals surface area contributed by atoms with Gasteiger partial charge in [-0.2, -0.15) is 0 Å². The molecule has 2 atom stereocenters. The Balaban J connectivity index is 1.95. The van der Waals surface area contributed by atoms with Crippen LogP contribution in [0.3, 0.4) is 0 Å². The molecule has 2 aromatic rings. The minimum atomic E-state index is -0.921. The summed E-state index contributed by atoms with van der Waals surface area (Å²) < 4.78 is 5.32. The Kier molecular flexibility index (Phi) is 4.25. The van der Waals surface area contributed by atoms with Crippen LogP contribution in [-0.2, 0) is 9.53 Å². The molecule has 0 spiro atoms. The van der Waals surface area contributed by atoms with Crippen LogP contribution in [0.4, 0.5) is 0 Å². The molecule has 1 amide bonds. The number of hydrogen-bond acceptors (Lipinski definition) is 4. The number of rotatable bonds is 4. The lowest BCUT2D eigenvalue weighted by Gasteiger charge is -2.23. The van der Waals surface area contributed by atoms with Crippen molar-refractivity contribution in [1.82, 2.24) is 9.88 Å². The molecule has 3 rings (SSSR count). The molecule has 2 unspecified atom stereocenters. The Hall–Kier alpha value is -2.47. The number of amides is 1. The van der Waals surface area contributed by atoms with Gasteiger partial charge in [0, 0.05) is 31.3 Å². The fourth-order valence-electron chi connectivity index (χ4n) is 3.11. The number of hydrogen-bond donors (Lipinski definition) is 1. The number of ether oxygens (including phenoxy) is 1. The van der Waals surface area contributed by atoms with E-state index < -0.39 is 5.97 Å². The Bertz CT molecular complexity index is 741. The van der Waals surface area contributed by atoms with Gasteiger partial charge in [-0.3, -0.25) is 14.6 Å². The second-order valence-corrected chi connectivity index (χ2v) is 5.68. The van der Waals surface area contributed by atoms with Crippen molar-refractivity contribution in [1.29, 1.82) is 0 Å². The van der Waals surface area contributed by atoms with E-state index >= 15 is 0 Å². The van der Waals surface area contributed by atoms with Crippen LogP contribution in [-0.4, -0.2) is 52.7 Å². The number of fused-ring (bicyclic) bond motifs is 1. The highest BCUT2D eigenvalue weighted by atomic mass is 16.5. The average Bonchev–Trinajstić information content (AvgIpc) is 2.96. The van der Waals surface area contributed by atoms with Gasteiger partial charge in [0.2, 0.25) is 0 Å². The standard InChI is InChI=1S/C17H18N2O4/c1-23-13-8-12(9-15(20)21)19(10-13)17(22)16-14-5-3-2-4-11(14)6-7-18-16/h2-7,12-13H,8-10H2,1H3,(H,20,21). The van der Waals surface area contributed by atoms with Crippen LogP contribution >= 0.6 is 0 Å². The van der Waals surface area contributed by atoms with E-state index in [2.05, 4.69) is 4.98 Å². The zero-order valence-electron chi connectivity index (χ0n) is 12.8. The molecule has 120 valence electrons. The van der Waals surface area contributed by atoms with Gasteiger partial charge >= 0.3 is 5.97 Å². The monoisotopic (exact) mass is 314 g/mol. The second-order valence-electron chi connectivity index (χ2n) is 5.68. The average molecular weight is 314 g/mol. The predicted octanol–water partition coefficient (Wildman–Crippen LogP) is 1.94. The fourth-order valence-corrected chi connectivity index (χ4v) is 3.11. The van der Waals surface area contributed by atoms with Crippen molar-refractivity contribution in [3.8, 4) is 0 Å². The number of carbonyl (C=O) groups is 2. The molecule has 0 aliphatic carbocycles. The number of likely N-dealkylation sites (tertiary alicyclic amines) is 1. The molecule has 1 N–H and O–H groups in total. The molecule has 1 fully saturated rings. The van der Waals surface area contributed by atoms with E-state index in [9.17, 15) is 9.59 Å². The quantitative estimate of drug-likeness (QED) is 0.933. The third-order valence-corrected chi connectivity index (χ3v) is 4.26. The lowest BCUT2D eigenvalue weighted by atomic mass is 10.1. The number of carboxylic acids is 1. The van der Waals surface area contributed by atoms with Gasteiger partial charge in [-0.05, 0) is 17.9 Å². The highest BCUT2D eigenvalue weighted by Crippen LogP contribution is 2.26. The molecule has 2 heterocycles. The second kappa shape index (κ2) is 6.34. The van der Waals surface area contributed by atoms with Crippen molar-refractivity contribution in [3.63, 3.8) is 0 Å². The van der Waals surface area contributed by atoms with Crippen molar-refractivity contribution in [2.45, 2.75) is 25.0 Å². The van der Waals surface area contributed by atoms with Gasteiger partial charge in [0.15, 0.2) is 0 Å². The molecule has 1 aliphatic rings. The first-order valence-electron chi connectivity index (χ1n) is 7.49. The summed E-state index contributed by atoms with van der Waals surface area (Å²) in [5.41, 5.74) is 0.357. The van der Waals surface area contributed by atoms with Crippen molar-refractivity contribution < 1.29 is 19.4 Å². The number of aromatic nitrogens is 1. The maximum atomic E-state index is 12.9. The smallest absolute Gasteiger partial charge is 0.305 e. The largest absolute Gasteiger partial charge is 0.481 e. The highest BCUT2D eigenvalue weighted by molar-refractivity contribution is 6.05. The molecule has 1 aromatic heterocycles. The van der Waals surface area contributed by atoms with Crippen LogP contribution in [0.5, 0.6) is 0 Å². The Morgan fingerprint density at radius 1 is 1.35 bits per heavy atom. The molecule has 0 radical (unpaired) electrons. The summed E-state index contributed by atoms with van der Waals surface area (Å²) in [5.74, 6) is -1.16. The molecule has 1 saturated heterocycles. The van der Waals surface area contributed by atoms with Gasteiger partial charge in [-0.1, -0.05) is 24.3 Å². The van der Waals surface area contributed by atoms with Crippen LogP contribution in [0.25, 0.3) is 10.8 Å². The lowest BCUT2D eigenvalue weighted by Crippen LogP contribution is -2.37. The molecular weight excluding hydrogens is 296 g/mol. The van der Waals surface area contributed by atoms with E-state index in [0.717, 1.165) is 10.8 Å². The van der Waals surface area contributed by atoms with Gasteiger partial charge < -0.3 is 14.7 Å². The summed E-state index contributed by atoms with van der Waals surface area (Å²) in [6.45, 7) is 0.387. The maximum absolute atomic E-state index is 12.9. The molecule has 1 aliphatic heterocycles. The zero-order chi connectivity index (χ0) is 16.4. The lowest BCUT2D eigenvalue weighted by molar-refractivity contribution is -0.137. The number of carbonyl (C=O) groups excluding carboxylic acids is 1. The van der Waals surface area contributed by atoms with Gasteiger partial charge in [-0.25, -0.2) is 0 Å². The number of methoxy groups -OCH3 is 1. The first-order chi connectivity index (χ1) is 11.1. The number of aliphatic carboxylic acids is 1. The minimum Gasteiger partial charge on any atom is -0.481 e. The highest BCUT2D eigenvalue weighted by Gasteiger charge is 2.37. The number of carboxylic acid groups (broad SMARTS) is 1. The maximum Gasteiger partial charge on any atom is 0.305 e. The van der Waals surface area contributed by atoms with Crippen molar-refractivity contribution in [2.24, 2.45) is 0 Å². The van der Waals surface area contributed by atoms with Gasteiger partial charge in [0.1, 0.15) is 5.69 Å². The molecule has 0 saturated carbocycles. The summed E-state index contributed by atoms with van der Waals surface area (Å²) in [7, 11) is 1.58. The SMILES string of the molecule is COC1CC(CC(=O)O)N(C(=O)c2nccc3ccccc23)C1. The summed E-state index contributed by atoms with van der Waals surface area (Å²) in [5, 5.41) is 10.8. The normalized spacial score (nSPS) is 20.8. The summed E-state index contributed by atoms with van der Waals surface area (Å²) in [4.78, 5) is 29.8. The van der Waals surface area contributed by atoms with Gasteiger partial charge in [-0.15, -0.1) is 0 Å². The third kappa shape index (κ3) is 3.03. The Labute approximate surface area is 133 Å². The van der Waals surface area contributed by atoms with Gasteiger partial charge in [0.05, 0.1) is 12.5 Å². The van der Waals surface area contributed by atoms with Gasteiger partial charge in [0.25, 0.3) is 5.91 Å². The van der Waals surface area contributed by atoms with E-state index in [1.165, 1.54) is 0 Å². The third-order valence-electron chi connectivity index (χ3n) is 4.26. The zero-order valence-corrected chi connectivity index (χ0v) is 12.8. The topological polar surface area (TPSA) is 79.7 Å². The summed E-state index contributed by atoms with van der Waals surface area (Å²) >= 11 is 0. The van der Waals surface area contributed by atoms with Crippen molar-refractivity contribution in [3.05, 3.63) is 42.2 Å². The van der Waals surface area contributed by atoms with Crippen LogP contribution in [0, 0.1) is 0 Å². The number of benzene rings is 1. The van der Waals surface area contributed by atoms with E-state index in [0.29, 0.717) is 18.7 Å². The van der Waals surface area contributed by atoms with Crippen LogP contribution in [0.15, 0.2) is 36.5 Å². The van der Waals surface area contributed by atoms with Crippen molar-refractivity contribution >= 4 is 22.6 Å². The Morgan fingerprint density at radius 3 is 2.87 bits per heavy atom.